The van der Waals surface area contributed by atoms with Crippen LogP contribution >= 0.6 is 0 Å². The van der Waals surface area contributed by atoms with Crippen LogP contribution in [0.2, 0.25) is 0 Å². The summed E-state index contributed by atoms with van der Waals surface area (Å²) in [6.45, 7) is 0.658. The Hall–Kier alpha value is -1.99. The summed E-state index contributed by atoms with van der Waals surface area (Å²) >= 11 is 0. The van der Waals surface area contributed by atoms with E-state index in [0.717, 1.165) is 25.7 Å². The molecular formula is C42H73NO18. The fourth-order valence-electron chi connectivity index (χ4n) is 7.31. The third kappa shape index (κ3) is 16.8. The Bertz CT molecular complexity index is 1290. The van der Waals surface area contributed by atoms with E-state index in [2.05, 4.69) is 36.5 Å². The van der Waals surface area contributed by atoms with Crippen LogP contribution in [-0.4, -0.2) is 193 Å². The molecule has 3 rings (SSSR count). The molecule has 17 unspecified atom stereocenters. The first kappa shape index (κ1) is 53.3. The van der Waals surface area contributed by atoms with Gasteiger partial charge in [-0.3, -0.25) is 4.79 Å². The molecule has 12 N–H and O–H groups in total. The lowest BCUT2D eigenvalue weighted by molar-refractivity contribution is -0.379. The molecule has 17 atom stereocenters. The van der Waals surface area contributed by atoms with Gasteiger partial charge in [0.05, 0.1) is 38.6 Å². The Labute approximate surface area is 358 Å². The molecule has 3 heterocycles. The van der Waals surface area contributed by atoms with Gasteiger partial charge >= 0.3 is 0 Å². The molecule has 0 aromatic carbocycles. The Morgan fingerprint density at radius 3 is 1.54 bits per heavy atom. The molecule has 3 aliphatic rings. The molecule has 0 saturated carbocycles. The highest BCUT2D eigenvalue weighted by Gasteiger charge is 2.53. The lowest BCUT2D eigenvalue weighted by atomic mass is 9.96. The molecule has 0 aromatic rings. The van der Waals surface area contributed by atoms with Gasteiger partial charge in [0, 0.05) is 6.92 Å². The summed E-state index contributed by atoms with van der Waals surface area (Å²) in [4.78, 5) is 12.0. The van der Waals surface area contributed by atoms with Crippen LogP contribution < -0.4 is 5.32 Å². The molecule has 0 radical (unpaired) electrons. The number of ether oxygens (including phenoxy) is 6. The summed E-state index contributed by atoms with van der Waals surface area (Å²) in [6, 6.07) is -0.993. The molecule has 0 bridgehead atoms. The lowest BCUT2D eigenvalue weighted by Crippen LogP contribution is -2.66. The number of carbonyl (C=O) groups excluding carboxylic acids is 1. The van der Waals surface area contributed by atoms with E-state index in [-0.39, 0.29) is 6.61 Å². The number of hydrogen-bond donors (Lipinski definition) is 12. The number of aliphatic hydroxyl groups excluding tert-OH is 11. The Balaban J connectivity index is 1.47. The average molecular weight is 880 g/mol. The first-order chi connectivity index (χ1) is 29.3. The predicted molar refractivity (Wildman–Crippen MR) is 217 cm³/mol. The van der Waals surface area contributed by atoms with E-state index >= 15 is 0 Å². The maximum absolute atomic E-state index is 12.0. The van der Waals surface area contributed by atoms with Gasteiger partial charge in [0.2, 0.25) is 5.91 Å². The van der Waals surface area contributed by atoms with E-state index in [9.17, 15) is 61.0 Å². The molecule has 19 heteroatoms. The van der Waals surface area contributed by atoms with Crippen LogP contribution in [0.1, 0.15) is 90.9 Å². The summed E-state index contributed by atoms with van der Waals surface area (Å²) < 4.78 is 33.5. The summed E-state index contributed by atoms with van der Waals surface area (Å²) in [7, 11) is 0. The number of rotatable bonds is 27. The van der Waals surface area contributed by atoms with Crippen molar-refractivity contribution < 1.29 is 89.4 Å². The van der Waals surface area contributed by atoms with Gasteiger partial charge in [-0.25, -0.2) is 0 Å². The number of allylic oxidation sites excluding steroid dienone is 5. The molecule has 1 amide bonds. The Kier molecular flexibility index (Phi) is 25.1. The lowest BCUT2D eigenvalue weighted by Gasteiger charge is -2.48. The van der Waals surface area contributed by atoms with Gasteiger partial charge in [0.15, 0.2) is 18.9 Å². The predicted octanol–water partition coefficient (Wildman–Crippen LogP) is -1.31. The second-order valence-electron chi connectivity index (χ2n) is 15.9. The van der Waals surface area contributed by atoms with Gasteiger partial charge in [-0.05, 0) is 38.5 Å². The van der Waals surface area contributed by atoms with Crippen molar-refractivity contribution in [3.05, 3.63) is 36.5 Å². The molecule has 0 spiro atoms. The highest BCUT2D eigenvalue weighted by molar-refractivity contribution is 5.73. The van der Waals surface area contributed by atoms with Crippen LogP contribution in [0.15, 0.2) is 36.5 Å². The fourth-order valence-corrected chi connectivity index (χ4v) is 7.31. The largest absolute Gasteiger partial charge is 0.394 e. The first-order valence-corrected chi connectivity index (χ1v) is 21.7. The zero-order chi connectivity index (χ0) is 44.9. The Morgan fingerprint density at radius 1 is 0.574 bits per heavy atom. The van der Waals surface area contributed by atoms with E-state index in [1.807, 2.05) is 0 Å². The smallest absolute Gasteiger partial charge is 0.217 e. The van der Waals surface area contributed by atoms with Crippen LogP contribution in [0.4, 0.5) is 0 Å². The van der Waals surface area contributed by atoms with Crippen molar-refractivity contribution in [2.45, 2.75) is 195 Å². The van der Waals surface area contributed by atoms with E-state index in [4.69, 9.17) is 28.4 Å². The number of amides is 1. The van der Waals surface area contributed by atoms with Crippen molar-refractivity contribution in [1.29, 1.82) is 0 Å². The van der Waals surface area contributed by atoms with Gasteiger partial charge in [-0.1, -0.05) is 81.9 Å². The third-order valence-electron chi connectivity index (χ3n) is 11.0. The minimum absolute atomic E-state index is 0.389. The van der Waals surface area contributed by atoms with Gasteiger partial charge in [-0.2, -0.15) is 0 Å². The van der Waals surface area contributed by atoms with E-state index in [1.54, 1.807) is 6.08 Å². The van der Waals surface area contributed by atoms with E-state index < -0.39 is 130 Å². The Morgan fingerprint density at radius 2 is 1.02 bits per heavy atom. The second kappa shape index (κ2) is 28.7. The highest BCUT2D eigenvalue weighted by atomic mass is 16.8. The van der Waals surface area contributed by atoms with Crippen molar-refractivity contribution in [2.24, 2.45) is 0 Å². The fraction of sp³-hybridized carbons (Fsp3) is 0.833. The van der Waals surface area contributed by atoms with E-state index in [0.29, 0.717) is 6.42 Å². The number of carbonyl (C=O) groups is 1. The SMILES string of the molecule is CCCCCCCCC/C=C/CC/C=C/CC/C=C/C(O)C(COC1OC(CO)C(OC2OC(CO)C(OC3OC(CO)C(O)C(O)C3O)C(O)C2O)C(O)C1O)NC(C)=O. The van der Waals surface area contributed by atoms with Crippen LogP contribution in [0.25, 0.3) is 0 Å². The molecule has 3 saturated heterocycles. The van der Waals surface area contributed by atoms with Gasteiger partial charge < -0.3 is 89.9 Å². The molecule has 19 nitrogen and oxygen atoms in total. The number of nitrogens with one attached hydrogen (secondary N) is 1. The number of unbranched alkanes of at least 4 members (excludes halogenated alkanes) is 9. The van der Waals surface area contributed by atoms with Crippen molar-refractivity contribution in [3.8, 4) is 0 Å². The van der Waals surface area contributed by atoms with Crippen LogP contribution in [-0.2, 0) is 33.2 Å². The summed E-state index contributed by atoms with van der Waals surface area (Å²) in [5, 5.41) is 118. The maximum atomic E-state index is 12.0. The maximum Gasteiger partial charge on any atom is 0.217 e. The van der Waals surface area contributed by atoms with Crippen molar-refractivity contribution in [1.82, 2.24) is 5.32 Å². The zero-order valence-corrected chi connectivity index (χ0v) is 35.4. The molecule has 61 heavy (non-hydrogen) atoms. The van der Waals surface area contributed by atoms with Gasteiger partial charge in [-0.15, -0.1) is 0 Å². The minimum atomic E-state index is -1.98. The highest BCUT2D eigenvalue weighted by Crippen LogP contribution is 2.32. The molecule has 3 fully saturated rings. The minimum Gasteiger partial charge on any atom is -0.394 e. The number of hydrogen-bond acceptors (Lipinski definition) is 18. The standard InChI is InChI=1S/C42H73NO18/c1-3-4-5-6-7-8-9-10-11-12-13-14-15-16-17-18-19-20-27(48)26(43-25(2)47)24-56-40-36(54)33(51)38(29(22-45)58-40)61-42-37(55)34(52)39(30(23-46)59-42)60-41-35(53)32(50)31(49)28(21-44)57-41/h11-12,15-16,19-20,26-42,44-46,48-55H,3-10,13-14,17-18,21-24H2,1-2H3,(H,43,47)/b12-11+,16-15+,20-19+. The quantitative estimate of drug-likeness (QED) is 0.0337. The monoisotopic (exact) mass is 879 g/mol. The van der Waals surface area contributed by atoms with Crippen molar-refractivity contribution in [3.63, 3.8) is 0 Å². The molecule has 0 aromatic heterocycles. The normalized spacial score (nSPS) is 35.9. The van der Waals surface area contributed by atoms with Gasteiger partial charge in [0.1, 0.15) is 73.2 Å². The average Bonchev–Trinajstić information content (AvgIpc) is 3.24. The van der Waals surface area contributed by atoms with E-state index in [1.165, 1.54) is 57.9 Å². The van der Waals surface area contributed by atoms with Gasteiger partial charge in [0.25, 0.3) is 0 Å². The second-order valence-corrected chi connectivity index (χ2v) is 15.9. The summed E-state index contributed by atoms with van der Waals surface area (Å²) in [6.07, 6.45) is -1.38. The summed E-state index contributed by atoms with van der Waals surface area (Å²) in [5.41, 5.74) is 0. The van der Waals surface area contributed by atoms with Crippen LogP contribution in [0.3, 0.4) is 0 Å². The zero-order valence-electron chi connectivity index (χ0n) is 35.4. The van der Waals surface area contributed by atoms with Crippen molar-refractivity contribution in [2.75, 3.05) is 26.4 Å². The number of aliphatic hydroxyl groups is 11. The molecule has 0 aliphatic carbocycles. The third-order valence-corrected chi connectivity index (χ3v) is 11.0. The first-order valence-electron chi connectivity index (χ1n) is 21.7. The molecule has 354 valence electrons. The topological polar surface area (TPSA) is 307 Å². The molecular weight excluding hydrogens is 806 g/mol. The molecule has 3 aliphatic heterocycles. The summed E-state index contributed by atoms with van der Waals surface area (Å²) in [5.74, 6) is -0.470. The van der Waals surface area contributed by atoms with Crippen LogP contribution in [0.5, 0.6) is 0 Å². The van der Waals surface area contributed by atoms with Crippen molar-refractivity contribution >= 4 is 5.91 Å². The van der Waals surface area contributed by atoms with Crippen LogP contribution in [0, 0.1) is 0 Å².